The van der Waals surface area contributed by atoms with Crippen LogP contribution in [-0.4, -0.2) is 47.4 Å². The molecule has 1 aromatic heterocycles. The lowest BCUT2D eigenvalue weighted by molar-refractivity contribution is -0.384. The van der Waals surface area contributed by atoms with Crippen molar-refractivity contribution in [3.05, 3.63) is 99.2 Å². The van der Waals surface area contributed by atoms with Crippen molar-refractivity contribution in [1.82, 2.24) is 4.90 Å². The van der Waals surface area contributed by atoms with E-state index in [9.17, 15) is 24.8 Å². The second-order valence-electron chi connectivity index (χ2n) is 7.76. The summed E-state index contributed by atoms with van der Waals surface area (Å²) in [6, 6.07) is 12.9. The van der Waals surface area contributed by atoms with E-state index in [1.165, 1.54) is 61.8 Å². The van der Waals surface area contributed by atoms with Crippen molar-refractivity contribution in [1.29, 1.82) is 0 Å². The third kappa shape index (κ3) is 4.45. The van der Waals surface area contributed by atoms with Gasteiger partial charge in [0.05, 0.1) is 37.0 Å². The van der Waals surface area contributed by atoms with E-state index in [1.807, 2.05) is 6.07 Å². The van der Waals surface area contributed by atoms with Gasteiger partial charge in [-0.05, 0) is 53.9 Å². The number of hydrogen-bond acceptors (Lipinski definition) is 8. The van der Waals surface area contributed by atoms with E-state index >= 15 is 0 Å². The number of furan rings is 1. The highest BCUT2D eigenvalue weighted by molar-refractivity contribution is 6.15. The van der Waals surface area contributed by atoms with Gasteiger partial charge in [-0.3, -0.25) is 19.7 Å². The van der Waals surface area contributed by atoms with Gasteiger partial charge < -0.3 is 23.9 Å². The maximum Gasteiger partial charge on any atom is 0.290 e. The number of carbonyl (C=O) groups is 2. The first-order chi connectivity index (χ1) is 16.8. The summed E-state index contributed by atoms with van der Waals surface area (Å²) in [5.74, 6) is -0.987. The third-order valence-electron chi connectivity index (χ3n) is 5.80. The summed E-state index contributed by atoms with van der Waals surface area (Å²) in [7, 11) is 3.05. The van der Waals surface area contributed by atoms with E-state index in [1.54, 1.807) is 12.1 Å². The molecule has 0 spiro atoms. The molecular formula is C25H22N2O8. The summed E-state index contributed by atoms with van der Waals surface area (Å²) >= 11 is 0. The Morgan fingerprint density at radius 3 is 2.43 bits per heavy atom. The van der Waals surface area contributed by atoms with Gasteiger partial charge in [-0.15, -0.1) is 0 Å². The average Bonchev–Trinajstić information content (AvgIpc) is 3.50. The Kier molecular flexibility index (Phi) is 6.54. The number of Topliss-reactive ketones (excluding diaryl/α,β-unsaturated/α-hetero) is 1. The fraction of sp³-hybridized carbons (Fsp3) is 0.200. The van der Waals surface area contributed by atoms with Crippen molar-refractivity contribution in [2.75, 3.05) is 20.8 Å². The molecule has 1 atom stereocenters. The van der Waals surface area contributed by atoms with Crippen molar-refractivity contribution in [2.24, 2.45) is 0 Å². The number of nitro groups is 1. The molecule has 0 saturated heterocycles. The molecule has 1 aliphatic rings. The second-order valence-corrected chi connectivity index (χ2v) is 7.76. The van der Waals surface area contributed by atoms with Gasteiger partial charge in [-0.25, -0.2) is 0 Å². The number of hydrogen-bond donors (Lipinski definition) is 1. The van der Waals surface area contributed by atoms with Gasteiger partial charge >= 0.3 is 0 Å². The van der Waals surface area contributed by atoms with E-state index in [0.717, 1.165) is 5.56 Å². The minimum atomic E-state index is -0.957. The van der Waals surface area contributed by atoms with Gasteiger partial charge in [0.25, 0.3) is 11.6 Å². The zero-order chi connectivity index (χ0) is 25.1. The van der Waals surface area contributed by atoms with Gasteiger partial charge in [0.15, 0.2) is 23.0 Å². The molecule has 0 fully saturated rings. The van der Waals surface area contributed by atoms with Crippen LogP contribution in [0.4, 0.5) is 5.69 Å². The van der Waals surface area contributed by atoms with Crippen LogP contribution >= 0.6 is 0 Å². The minimum absolute atomic E-state index is 0.0343. The maximum absolute atomic E-state index is 13.2. The number of aliphatic hydroxyl groups excluding tert-OH is 1. The topological polar surface area (TPSA) is 132 Å². The summed E-state index contributed by atoms with van der Waals surface area (Å²) < 4.78 is 15.8. The van der Waals surface area contributed by atoms with Gasteiger partial charge in [-0.2, -0.15) is 0 Å². The van der Waals surface area contributed by atoms with Gasteiger partial charge in [0.1, 0.15) is 0 Å². The lowest BCUT2D eigenvalue weighted by Crippen LogP contribution is -2.33. The van der Waals surface area contributed by atoms with E-state index in [-0.39, 0.29) is 23.6 Å². The zero-order valence-corrected chi connectivity index (χ0v) is 19.0. The molecule has 2 heterocycles. The van der Waals surface area contributed by atoms with Gasteiger partial charge in [-0.1, -0.05) is 6.07 Å². The molecule has 1 amide bonds. The van der Waals surface area contributed by atoms with Crippen molar-refractivity contribution in [2.45, 2.75) is 12.5 Å². The number of nitrogens with zero attached hydrogens (tertiary/aromatic N) is 2. The highest BCUT2D eigenvalue weighted by atomic mass is 16.6. The fourth-order valence-corrected chi connectivity index (χ4v) is 4.07. The number of benzene rings is 2. The molecule has 0 saturated carbocycles. The molecule has 1 aliphatic heterocycles. The Labute approximate surface area is 200 Å². The Hall–Kier alpha value is -4.60. The lowest BCUT2D eigenvalue weighted by atomic mass is 9.94. The van der Waals surface area contributed by atoms with E-state index < -0.39 is 28.4 Å². The maximum atomic E-state index is 13.2. The highest BCUT2D eigenvalue weighted by Crippen LogP contribution is 2.39. The number of ether oxygens (including phenoxy) is 2. The molecule has 3 aromatic rings. The Morgan fingerprint density at radius 1 is 1.11 bits per heavy atom. The molecule has 0 bridgehead atoms. The first-order valence-corrected chi connectivity index (χ1v) is 10.6. The van der Waals surface area contributed by atoms with Crippen LogP contribution in [0.5, 0.6) is 11.5 Å². The largest absolute Gasteiger partial charge is 0.503 e. The van der Waals surface area contributed by atoms with Gasteiger partial charge in [0.2, 0.25) is 5.78 Å². The average molecular weight is 478 g/mol. The zero-order valence-electron chi connectivity index (χ0n) is 19.0. The molecule has 0 radical (unpaired) electrons. The summed E-state index contributed by atoms with van der Waals surface area (Å²) in [5, 5.41) is 21.8. The number of carbonyl (C=O) groups excluding carboxylic acids is 2. The van der Waals surface area contributed by atoms with Crippen LogP contribution in [0.3, 0.4) is 0 Å². The Balaban J connectivity index is 1.69. The Morgan fingerprint density at radius 2 is 1.83 bits per heavy atom. The quantitative estimate of drug-likeness (QED) is 0.277. The van der Waals surface area contributed by atoms with Crippen LogP contribution in [-0.2, 0) is 11.2 Å². The molecule has 4 rings (SSSR count). The Bertz CT molecular complexity index is 1300. The minimum Gasteiger partial charge on any atom is -0.503 e. The van der Waals surface area contributed by atoms with Crippen molar-refractivity contribution >= 4 is 17.4 Å². The van der Waals surface area contributed by atoms with Crippen molar-refractivity contribution in [3.8, 4) is 11.5 Å². The van der Waals surface area contributed by atoms with Crippen LogP contribution < -0.4 is 9.47 Å². The predicted molar refractivity (Wildman–Crippen MR) is 123 cm³/mol. The SMILES string of the molecule is COc1ccc(CCN2C(=O)C(O)=C(C(=O)c3ccco3)C2c2ccc([N+](=O)[O-])cc2)cc1OC. The highest BCUT2D eigenvalue weighted by Gasteiger charge is 2.44. The normalized spacial score (nSPS) is 15.4. The smallest absolute Gasteiger partial charge is 0.290 e. The first kappa shape index (κ1) is 23.6. The number of amides is 1. The van der Waals surface area contributed by atoms with Crippen LogP contribution in [0.1, 0.15) is 27.7 Å². The first-order valence-electron chi connectivity index (χ1n) is 10.6. The number of nitro benzene ring substituents is 1. The predicted octanol–water partition coefficient (Wildman–Crippen LogP) is 4.03. The number of methoxy groups -OCH3 is 2. The molecule has 0 aliphatic carbocycles. The number of non-ortho nitro benzene ring substituents is 1. The molecule has 10 heteroatoms. The fourth-order valence-electron chi connectivity index (χ4n) is 4.07. The third-order valence-corrected chi connectivity index (χ3v) is 5.80. The molecule has 1 unspecified atom stereocenters. The molecular weight excluding hydrogens is 456 g/mol. The second kappa shape index (κ2) is 9.72. The van der Waals surface area contributed by atoms with Crippen molar-refractivity contribution < 1.29 is 33.5 Å². The van der Waals surface area contributed by atoms with Crippen LogP contribution in [0.15, 0.2) is 76.6 Å². The van der Waals surface area contributed by atoms with E-state index in [0.29, 0.717) is 23.5 Å². The summed E-state index contributed by atoms with van der Waals surface area (Å²) in [5.41, 5.74) is 0.992. The summed E-state index contributed by atoms with van der Waals surface area (Å²) in [6.07, 6.45) is 1.70. The molecule has 180 valence electrons. The van der Waals surface area contributed by atoms with Crippen LogP contribution in [0.25, 0.3) is 0 Å². The van der Waals surface area contributed by atoms with Gasteiger partial charge in [0, 0.05) is 18.7 Å². The number of ketones is 1. The summed E-state index contributed by atoms with van der Waals surface area (Å²) in [6.45, 7) is 0.148. The number of aliphatic hydroxyl groups is 1. The van der Waals surface area contributed by atoms with Crippen molar-refractivity contribution in [3.63, 3.8) is 0 Å². The van der Waals surface area contributed by atoms with E-state index in [4.69, 9.17) is 13.9 Å². The lowest BCUT2D eigenvalue weighted by Gasteiger charge is -2.26. The molecule has 35 heavy (non-hydrogen) atoms. The standard InChI is InChI=1S/C25H22N2O8/c1-33-18-10-5-15(14-20(18)34-2)11-12-26-22(16-6-8-17(9-7-16)27(31)32)21(24(29)25(26)30)23(28)19-4-3-13-35-19/h3-10,13-14,22,29H,11-12H2,1-2H3. The molecule has 2 aromatic carbocycles. The monoisotopic (exact) mass is 478 g/mol. The summed E-state index contributed by atoms with van der Waals surface area (Å²) in [4.78, 5) is 38.2. The van der Waals surface area contributed by atoms with Crippen LogP contribution in [0, 0.1) is 10.1 Å². The molecule has 1 N–H and O–H groups in total. The van der Waals surface area contributed by atoms with Crippen LogP contribution in [0.2, 0.25) is 0 Å². The van der Waals surface area contributed by atoms with E-state index in [2.05, 4.69) is 0 Å². The number of rotatable bonds is 9. The molecule has 10 nitrogen and oxygen atoms in total.